The van der Waals surface area contributed by atoms with Crippen LogP contribution >= 0.6 is 11.3 Å². The van der Waals surface area contributed by atoms with Gasteiger partial charge in [-0.2, -0.15) is 0 Å². The quantitative estimate of drug-likeness (QED) is 0.613. The Morgan fingerprint density at radius 3 is 2.43 bits per heavy atom. The van der Waals surface area contributed by atoms with Crippen molar-refractivity contribution in [3.8, 4) is 0 Å². The third-order valence-electron chi connectivity index (χ3n) is 1.85. The van der Waals surface area contributed by atoms with Gasteiger partial charge < -0.3 is 12.9 Å². The molecule has 1 aromatic heterocycles. The van der Waals surface area contributed by atoms with Crippen molar-refractivity contribution >= 4 is 33.9 Å². The molecule has 14 heavy (non-hydrogen) atoms. The zero-order chi connectivity index (χ0) is 9.47. The molecule has 0 aliphatic heterocycles. The van der Waals surface area contributed by atoms with Gasteiger partial charge in [-0.3, -0.25) is 0 Å². The van der Waals surface area contributed by atoms with Crippen LogP contribution in [0.2, 0.25) is 0 Å². The number of thiophene rings is 1. The van der Waals surface area contributed by atoms with Crippen molar-refractivity contribution in [3.63, 3.8) is 0 Å². The average molecular weight is 240 g/mol. The summed E-state index contributed by atoms with van der Waals surface area (Å²) >= 11 is 1.45. The first-order valence-corrected chi connectivity index (χ1v) is 4.62. The third kappa shape index (κ3) is 2.62. The molecular formula is C8H5BF3KS. The predicted octanol–water partition coefficient (Wildman–Crippen LogP) is -0.0403. The van der Waals surface area contributed by atoms with E-state index in [1.807, 2.05) is 0 Å². The van der Waals surface area contributed by atoms with E-state index in [9.17, 15) is 12.9 Å². The molecule has 0 saturated heterocycles. The van der Waals surface area contributed by atoms with Gasteiger partial charge in [-0.25, -0.2) is 0 Å². The van der Waals surface area contributed by atoms with Crippen LogP contribution in [0.1, 0.15) is 0 Å². The van der Waals surface area contributed by atoms with Gasteiger partial charge in [0.2, 0.25) is 0 Å². The van der Waals surface area contributed by atoms with Gasteiger partial charge in [0.25, 0.3) is 0 Å². The summed E-state index contributed by atoms with van der Waals surface area (Å²) in [4.78, 5) is 0. The van der Waals surface area contributed by atoms with Crippen LogP contribution in [0.4, 0.5) is 12.9 Å². The van der Waals surface area contributed by atoms with Gasteiger partial charge in [-0.05, 0) is 22.9 Å². The van der Waals surface area contributed by atoms with E-state index < -0.39 is 12.4 Å². The van der Waals surface area contributed by atoms with E-state index in [1.165, 1.54) is 23.5 Å². The Labute approximate surface area is 126 Å². The van der Waals surface area contributed by atoms with E-state index in [2.05, 4.69) is 0 Å². The first-order chi connectivity index (χ1) is 6.07. The molecule has 0 N–H and O–H groups in total. The summed E-state index contributed by atoms with van der Waals surface area (Å²) < 4.78 is 37.8. The molecule has 68 valence electrons. The van der Waals surface area contributed by atoms with Crippen LogP contribution in [-0.2, 0) is 0 Å². The molecule has 2 aromatic rings. The molecule has 0 bridgehead atoms. The molecule has 1 aromatic carbocycles. The fourth-order valence-corrected chi connectivity index (χ4v) is 1.96. The number of fused-ring (bicyclic) bond motifs is 1. The van der Waals surface area contributed by atoms with Gasteiger partial charge in [0.15, 0.2) is 0 Å². The number of hydrogen-bond donors (Lipinski definition) is 0. The molecule has 0 atom stereocenters. The molecule has 1 heterocycles. The maximum Gasteiger partial charge on any atom is 1.00 e. The van der Waals surface area contributed by atoms with Crippen molar-refractivity contribution in [2.75, 3.05) is 0 Å². The van der Waals surface area contributed by atoms with Crippen molar-refractivity contribution in [3.05, 3.63) is 29.6 Å². The average Bonchev–Trinajstić information content (AvgIpc) is 2.47. The van der Waals surface area contributed by atoms with Crippen LogP contribution in [0.3, 0.4) is 0 Å². The van der Waals surface area contributed by atoms with Crippen molar-refractivity contribution in [2.24, 2.45) is 0 Å². The maximum absolute atomic E-state index is 12.3. The van der Waals surface area contributed by atoms with Crippen LogP contribution < -0.4 is 56.8 Å². The molecule has 0 aliphatic carbocycles. The number of benzene rings is 1. The molecular weight excluding hydrogens is 235 g/mol. The first-order valence-electron chi connectivity index (χ1n) is 3.74. The largest absolute Gasteiger partial charge is 1.00 e. The minimum atomic E-state index is -4.86. The zero-order valence-electron chi connectivity index (χ0n) is 7.51. The van der Waals surface area contributed by atoms with Crippen LogP contribution in [0, 0.1) is 0 Å². The van der Waals surface area contributed by atoms with Gasteiger partial charge in [0.1, 0.15) is 0 Å². The molecule has 0 spiro atoms. The number of rotatable bonds is 1. The summed E-state index contributed by atoms with van der Waals surface area (Å²) in [5.74, 6) is 0. The van der Waals surface area contributed by atoms with E-state index in [0.717, 1.165) is 10.8 Å². The molecule has 0 saturated carbocycles. The van der Waals surface area contributed by atoms with Crippen molar-refractivity contribution in [1.29, 1.82) is 0 Å². The molecule has 6 heteroatoms. The first kappa shape index (κ1) is 12.7. The molecule has 0 amide bonds. The fraction of sp³-hybridized carbons (Fsp3) is 0. The molecule has 0 unspecified atom stereocenters. The number of hydrogen-bond acceptors (Lipinski definition) is 1. The summed E-state index contributed by atoms with van der Waals surface area (Å²) in [6.45, 7) is -4.86. The monoisotopic (exact) mass is 240 g/mol. The van der Waals surface area contributed by atoms with E-state index >= 15 is 0 Å². The SMILES string of the molecule is F[B-](F)(F)c1ccc2sccc2c1.[K+]. The summed E-state index contributed by atoms with van der Waals surface area (Å²) in [6.07, 6.45) is 0. The maximum atomic E-state index is 12.3. The fourth-order valence-electron chi connectivity index (χ4n) is 1.19. The van der Waals surface area contributed by atoms with Gasteiger partial charge in [-0.15, -0.1) is 16.8 Å². The van der Waals surface area contributed by atoms with E-state index in [0.29, 0.717) is 5.39 Å². The van der Waals surface area contributed by atoms with Crippen LogP contribution in [0.5, 0.6) is 0 Å². The number of halogens is 3. The van der Waals surface area contributed by atoms with Gasteiger partial charge in [-0.1, -0.05) is 12.1 Å². The van der Waals surface area contributed by atoms with Crippen molar-refractivity contribution < 1.29 is 64.3 Å². The standard InChI is InChI=1S/C8H5BF3S.K/c10-9(11,12)7-1-2-8-6(5-7)3-4-13-8;/h1-5H;/q-1;+1. The van der Waals surface area contributed by atoms with Gasteiger partial charge in [0.05, 0.1) is 0 Å². The van der Waals surface area contributed by atoms with Crippen LogP contribution in [-0.4, -0.2) is 6.98 Å². The van der Waals surface area contributed by atoms with E-state index in [4.69, 9.17) is 0 Å². The molecule has 0 fully saturated rings. The molecule has 0 aliphatic rings. The van der Waals surface area contributed by atoms with E-state index in [-0.39, 0.29) is 51.4 Å². The van der Waals surface area contributed by atoms with Crippen molar-refractivity contribution in [1.82, 2.24) is 0 Å². The second-order valence-electron chi connectivity index (χ2n) is 2.79. The Morgan fingerprint density at radius 1 is 1.07 bits per heavy atom. The van der Waals surface area contributed by atoms with Crippen LogP contribution in [0.15, 0.2) is 29.6 Å². The summed E-state index contributed by atoms with van der Waals surface area (Å²) in [7, 11) is 0. The third-order valence-corrected chi connectivity index (χ3v) is 2.75. The Bertz CT molecular complexity index is 437. The topological polar surface area (TPSA) is 0 Å². The molecule has 0 nitrogen and oxygen atoms in total. The predicted molar refractivity (Wildman–Crippen MR) is 50.5 cm³/mol. The van der Waals surface area contributed by atoms with Crippen LogP contribution in [0.25, 0.3) is 10.1 Å². The Hall–Kier alpha value is 0.671. The molecule has 2 rings (SSSR count). The normalized spacial score (nSPS) is 11.4. The molecule has 0 radical (unpaired) electrons. The second kappa shape index (κ2) is 4.67. The Kier molecular flexibility index (Phi) is 4.25. The van der Waals surface area contributed by atoms with Gasteiger partial charge >= 0.3 is 58.4 Å². The second-order valence-corrected chi connectivity index (χ2v) is 3.74. The Balaban J connectivity index is 0.000000980. The zero-order valence-corrected chi connectivity index (χ0v) is 11.4. The van der Waals surface area contributed by atoms with Crippen molar-refractivity contribution in [2.45, 2.75) is 0 Å². The minimum Gasteiger partial charge on any atom is -0.445 e. The Morgan fingerprint density at radius 2 is 1.79 bits per heavy atom. The summed E-state index contributed by atoms with van der Waals surface area (Å²) in [5.41, 5.74) is -0.522. The van der Waals surface area contributed by atoms with E-state index in [1.54, 1.807) is 11.4 Å². The smallest absolute Gasteiger partial charge is 0.445 e. The summed E-state index contributed by atoms with van der Waals surface area (Å²) in [5, 5.41) is 2.46. The van der Waals surface area contributed by atoms with Gasteiger partial charge in [0, 0.05) is 4.70 Å². The minimum absolute atomic E-state index is 0. The summed E-state index contributed by atoms with van der Waals surface area (Å²) in [6, 6.07) is 5.56.